The van der Waals surface area contributed by atoms with Gasteiger partial charge in [-0.1, -0.05) is 22.8 Å². The molecule has 0 aliphatic heterocycles. The Morgan fingerprint density at radius 1 is 1.50 bits per heavy atom. The number of hydrogen-bond donors (Lipinski definition) is 0. The lowest BCUT2D eigenvalue weighted by Crippen LogP contribution is -1.80. The maximum Gasteiger partial charge on any atom is 0.167 e. The summed E-state index contributed by atoms with van der Waals surface area (Å²) in [5.74, 6) is 0. The first-order valence-electron chi connectivity index (χ1n) is 3.00. The maximum absolute atomic E-state index is 5.77. The fourth-order valence-electron chi connectivity index (χ4n) is 0.673. The molecule has 0 amide bonds. The van der Waals surface area contributed by atoms with E-state index >= 15 is 0 Å². The van der Waals surface area contributed by atoms with Crippen molar-refractivity contribution in [3.63, 3.8) is 0 Å². The Morgan fingerprint density at radius 3 is 2.83 bits per heavy atom. The van der Waals surface area contributed by atoms with Gasteiger partial charge in [0, 0.05) is 4.47 Å². The molecule has 0 spiro atoms. The van der Waals surface area contributed by atoms with Gasteiger partial charge in [-0.2, -0.15) is 0 Å². The van der Waals surface area contributed by atoms with Crippen LogP contribution in [-0.2, 0) is 4.39 Å². The quantitative estimate of drug-likeness (QED) is 0.593. The van der Waals surface area contributed by atoms with Gasteiger partial charge >= 0.3 is 0 Å². The van der Waals surface area contributed by atoms with Crippen LogP contribution >= 0.6 is 39.4 Å². The van der Waals surface area contributed by atoms with Crippen molar-refractivity contribution in [2.75, 3.05) is 0 Å². The normalized spacial score (nSPS) is 10.6. The third kappa shape index (κ3) is 2.66. The molecule has 5 heteroatoms. The van der Waals surface area contributed by atoms with Crippen LogP contribution in [0.5, 0.6) is 0 Å². The summed E-state index contributed by atoms with van der Waals surface area (Å²) in [4.78, 5) is 0. The van der Waals surface area contributed by atoms with E-state index in [4.69, 9.17) is 23.5 Å². The molecule has 0 bridgehead atoms. The number of halogens is 3. The minimum atomic E-state index is 0.652. The molecule has 0 heterocycles. The van der Waals surface area contributed by atoms with Gasteiger partial charge in [0.1, 0.15) is 0 Å². The van der Waals surface area contributed by atoms with Crippen molar-refractivity contribution >= 4 is 45.6 Å². The molecule has 0 aromatic heterocycles. The number of benzene rings is 1. The molecule has 0 fully saturated rings. The lowest BCUT2D eigenvalue weighted by atomic mass is 10.2. The summed E-state index contributed by atoms with van der Waals surface area (Å²) >= 11 is 13.9. The van der Waals surface area contributed by atoms with Crippen LogP contribution in [0.1, 0.15) is 5.56 Å². The van der Waals surface area contributed by atoms with Gasteiger partial charge in [-0.15, -0.1) is 0 Å². The van der Waals surface area contributed by atoms with Gasteiger partial charge in [0.2, 0.25) is 0 Å². The van der Waals surface area contributed by atoms with E-state index in [0.717, 1.165) is 10.0 Å². The van der Waals surface area contributed by atoms with E-state index in [0.29, 0.717) is 5.02 Å². The Bertz CT molecular complexity index is 303. The van der Waals surface area contributed by atoms with Crippen LogP contribution in [0.25, 0.3) is 0 Å². The first-order valence-corrected chi connectivity index (χ1v) is 4.48. The van der Waals surface area contributed by atoms with Crippen molar-refractivity contribution < 1.29 is 4.39 Å². The molecule has 1 aromatic rings. The molecule has 0 unspecified atom stereocenters. The topological polar surface area (TPSA) is 21.6 Å². The average molecular weight is 269 g/mol. The van der Waals surface area contributed by atoms with Crippen LogP contribution in [-0.4, -0.2) is 6.21 Å². The Morgan fingerprint density at radius 2 is 2.25 bits per heavy atom. The van der Waals surface area contributed by atoms with E-state index in [-0.39, 0.29) is 0 Å². The van der Waals surface area contributed by atoms with Crippen LogP contribution in [0.4, 0.5) is 0 Å². The molecule has 1 aromatic carbocycles. The molecular weight excluding hydrogens is 265 g/mol. The number of oxime groups is 1. The smallest absolute Gasteiger partial charge is 0.167 e. The monoisotopic (exact) mass is 267 g/mol. The summed E-state index contributed by atoms with van der Waals surface area (Å²) in [6.07, 6.45) is 1.48. The van der Waals surface area contributed by atoms with Crippen LogP contribution in [0.15, 0.2) is 27.8 Å². The number of rotatable bonds is 2. The van der Waals surface area contributed by atoms with Crippen LogP contribution in [0.2, 0.25) is 5.02 Å². The molecule has 0 radical (unpaired) electrons. The SMILES string of the molecule is ClON=Cc1ccc(Cl)c(Br)c1. The Balaban J connectivity index is 2.89. The lowest BCUT2D eigenvalue weighted by molar-refractivity contribution is 0.383. The van der Waals surface area contributed by atoms with Gasteiger partial charge in [0.25, 0.3) is 0 Å². The minimum Gasteiger partial charge on any atom is -0.277 e. The van der Waals surface area contributed by atoms with E-state index in [1.54, 1.807) is 12.1 Å². The zero-order chi connectivity index (χ0) is 8.97. The van der Waals surface area contributed by atoms with Crippen molar-refractivity contribution in [3.05, 3.63) is 33.3 Å². The Hall–Kier alpha value is -0.250. The predicted molar refractivity (Wildman–Crippen MR) is 53.7 cm³/mol. The summed E-state index contributed by atoms with van der Waals surface area (Å²) in [7, 11) is 0. The fraction of sp³-hybridized carbons (Fsp3) is 0. The van der Waals surface area contributed by atoms with Crippen LogP contribution < -0.4 is 0 Å². The summed E-state index contributed by atoms with van der Waals surface area (Å²) in [6.45, 7) is 0. The second-order valence-corrected chi connectivity index (χ2v) is 3.38. The van der Waals surface area contributed by atoms with Crippen molar-refractivity contribution in [1.82, 2.24) is 0 Å². The highest BCUT2D eigenvalue weighted by atomic mass is 79.9. The highest BCUT2D eigenvalue weighted by molar-refractivity contribution is 9.10. The molecule has 64 valence electrons. The Labute approximate surface area is 88.4 Å². The molecule has 0 aliphatic rings. The molecule has 1 rings (SSSR count). The maximum atomic E-state index is 5.77. The minimum absolute atomic E-state index is 0.652. The van der Waals surface area contributed by atoms with Crippen molar-refractivity contribution in [2.45, 2.75) is 0 Å². The molecule has 0 saturated heterocycles. The van der Waals surface area contributed by atoms with E-state index < -0.39 is 0 Å². The standard InChI is InChI=1S/C7H4BrCl2NO/c8-6-3-5(4-11-12-10)1-2-7(6)9/h1-4H. The second kappa shape index (κ2) is 4.70. The zero-order valence-electron chi connectivity index (χ0n) is 5.80. The summed E-state index contributed by atoms with van der Waals surface area (Å²) in [5.41, 5.74) is 0.854. The largest absolute Gasteiger partial charge is 0.277 e. The van der Waals surface area contributed by atoms with Crippen molar-refractivity contribution in [3.8, 4) is 0 Å². The molecule has 12 heavy (non-hydrogen) atoms. The van der Waals surface area contributed by atoms with E-state index in [1.165, 1.54) is 6.21 Å². The van der Waals surface area contributed by atoms with E-state index in [1.807, 2.05) is 6.07 Å². The molecule has 0 atom stereocenters. The third-order valence-electron chi connectivity index (χ3n) is 1.19. The van der Waals surface area contributed by atoms with Gasteiger partial charge < -0.3 is 0 Å². The van der Waals surface area contributed by atoms with Gasteiger partial charge in [-0.25, -0.2) is 0 Å². The fourth-order valence-corrected chi connectivity index (χ4v) is 1.23. The first kappa shape index (κ1) is 9.84. The van der Waals surface area contributed by atoms with Gasteiger partial charge in [0.05, 0.1) is 11.2 Å². The molecule has 2 nitrogen and oxygen atoms in total. The first-order chi connectivity index (χ1) is 5.74. The molecule has 0 saturated carbocycles. The average Bonchev–Trinajstić information content (AvgIpc) is 2.07. The highest BCUT2D eigenvalue weighted by Gasteiger charge is 1.96. The van der Waals surface area contributed by atoms with Crippen molar-refractivity contribution in [2.24, 2.45) is 5.16 Å². The lowest BCUT2D eigenvalue weighted by Gasteiger charge is -1.95. The van der Waals surface area contributed by atoms with Crippen LogP contribution in [0.3, 0.4) is 0 Å². The molecular formula is C7H4BrCl2NO. The number of nitrogens with zero attached hydrogens (tertiary/aromatic N) is 1. The predicted octanol–water partition coefficient (Wildman–Crippen LogP) is 3.61. The zero-order valence-corrected chi connectivity index (χ0v) is 8.90. The van der Waals surface area contributed by atoms with E-state index in [9.17, 15) is 0 Å². The molecule has 0 aliphatic carbocycles. The third-order valence-corrected chi connectivity index (χ3v) is 2.48. The Kier molecular flexibility index (Phi) is 3.85. The highest BCUT2D eigenvalue weighted by Crippen LogP contribution is 2.22. The van der Waals surface area contributed by atoms with Crippen LogP contribution in [0, 0.1) is 0 Å². The molecule has 0 N–H and O–H groups in total. The van der Waals surface area contributed by atoms with Gasteiger partial charge in [-0.3, -0.25) is 4.39 Å². The van der Waals surface area contributed by atoms with Gasteiger partial charge in [0.15, 0.2) is 11.9 Å². The van der Waals surface area contributed by atoms with E-state index in [2.05, 4.69) is 25.5 Å². The number of hydrogen-bond acceptors (Lipinski definition) is 2. The van der Waals surface area contributed by atoms with Gasteiger partial charge in [-0.05, 0) is 33.6 Å². The summed E-state index contributed by atoms with van der Waals surface area (Å²) < 4.78 is 4.82. The summed E-state index contributed by atoms with van der Waals surface area (Å²) in [6, 6.07) is 5.36. The van der Waals surface area contributed by atoms with Crippen molar-refractivity contribution in [1.29, 1.82) is 0 Å². The summed E-state index contributed by atoms with van der Waals surface area (Å²) in [5, 5.41) is 4.04. The second-order valence-electron chi connectivity index (χ2n) is 1.98.